The molecule has 2 aliphatic rings. The summed E-state index contributed by atoms with van der Waals surface area (Å²) in [5, 5.41) is 37.2. The van der Waals surface area contributed by atoms with Crippen LogP contribution in [-0.4, -0.2) is 94.6 Å². The van der Waals surface area contributed by atoms with Crippen LogP contribution in [0.3, 0.4) is 0 Å². The fourth-order valence-corrected chi connectivity index (χ4v) is 5.74. The summed E-state index contributed by atoms with van der Waals surface area (Å²) in [6, 6.07) is 6.34. The number of hydrogen-bond acceptors (Lipinski definition) is 8. The van der Waals surface area contributed by atoms with Crippen LogP contribution in [0.4, 0.5) is 0 Å². The highest BCUT2D eigenvalue weighted by molar-refractivity contribution is 7.91. The number of rotatable bonds is 7. The molecule has 2 saturated heterocycles. The quantitative estimate of drug-likeness (QED) is 0.339. The minimum absolute atomic E-state index is 0.294. The van der Waals surface area contributed by atoms with Crippen molar-refractivity contribution in [3.8, 4) is 0 Å². The van der Waals surface area contributed by atoms with Gasteiger partial charge in [0.15, 0.2) is 12.2 Å². The zero-order valence-corrected chi connectivity index (χ0v) is 20.1. The Morgan fingerprint density at radius 3 is 2.06 bits per heavy atom. The van der Waals surface area contributed by atoms with Gasteiger partial charge in [0.2, 0.25) is 0 Å². The zero-order valence-electron chi connectivity index (χ0n) is 17.7. The van der Waals surface area contributed by atoms with Crippen molar-refractivity contribution in [2.24, 2.45) is 0 Å². The number of carboxylic acids is 2. The molecule has 0 saturated carbocycles. The van der Waals surface area contributed by atoms with E-state index in [2.05, 4.69) is 10.2 Å². The summed E-state index contributed by atoms with van der Waals surface area (Å²) in [4.78, 5) is 22.0. The Bertz CT molecular complexity index is 908. The van der Waals surface area contributed by atoms with Crippen LogP contribution in [0.15, 0.2) is 18.2 Å². The summed E-state index contributed by atoms with van der Waals surface area (Å²) in [5.74, 6) is -2.95. The smallest absolute Gasteiger partial charge is 0.335 e. The van der Waals surface area contributed by atoms with Crippen LogP contribution in [0, 0.1) is 0 Å². The Morgan fingerprint density at radius 1 is 1.03 bits per heavy atom. The minimum Gasteiger partial charge on any atom is -0.479 e. The first kappa shape index (κ1) is 27.8. The monoisotopic (exact) mass is 526 g/mol. The minimum atomic E-state index is -2.85. The van der Waals surface area contributed by atoms with Crippen LogP contribution in [0.2, 0.25) is 10.0 Å². The van der Waals surface area contributed by atoms with E-state index >= 15 is 0 Å². The Balaban J connectivity index is 0.000000328. The molecule has 0 bridgehead atoms. The molecule has 0 amide bonds. The van der Waals surface area contributed by atoms with E-state index in [-0.39, 0.29) is 0 Å². The molecule has 0 spiro atoms. The molecule has 5 N–H and O–H groups in total. The molecule has 0 radical (unpaired) electrons. The largest absolute Gasteiger partial charge is 0.479 e. The summed E-state index contributed by atoms with van der Waals surface area (Å²) in [6.07, 6.45) is -2.02. The van der Waals surface area contributed by atoms with Crippen molar-refractivity contribution in [1.29, 1.82) is 0 Å². The van der Waals surface area contributed by atoms with Crippen LogP contribution >= 0.6 is 23.2 Å². The van der Waals surface area contributed by atoms with Gasteiger partial charge in [-0.1, -0.05) is 29.3 Å². The number of halogens is 2. The zero-order chi connectivity index (χ0) is 24.8. The first-order valence-corrected chi connectivity index (χ1v) is 12.9. The van der Waals surface area contributed by atoms with Gasteiger partial charge in [-0.15, -0.1) is 0 Å². The molecular weight excluding hydrogens is 499 g/mol. The lowest BCUT2D eigenvalue weighted by molar-refractivity contribution is -0.165. The number of carboxylic acid groups (broad SMARTS) is 2. The first-order valence-electron chi connectivity index (χ1n) is 10.3. The molecule has 1 aromatic rings. The number of hydrogen-bond donors (Lipinski definition) is 5. The second kappa shape index (κ2) is 12.3. The van der Waals surface area contributed by atoms with E-state index in [0.717, 1.165) is 31.6 Å². The summed E-state index contributed by atoms with van der Waals surface area (Å²) in [7, 11) is -2.85. The molecule has 0 aromatic heterocycles. The second-order valence-corrected chi connectivity index (χ2v) is 11.2. The highest BCUT2D eigenvalue weighted by Gasteiger charge is 2.33. The average molecular weight is 527 g/mol. The Labute approximate surface area is 202 Å². The average Bonchev–Trinajstić information content (AvgIpc) is 3.27. The van der Waals surface area contributed by atoms with Crippen molar-refractivity contribution in [3.05, 3.63) is 33.8 Å². The lowest BCUT2D eigenvalue weighted by atomic mass is 10.0. The molecule has 3 rings (SSSR count). The third-order valence-corrected chi connectivity index (χ3v) is 7.97. The van der Waals surface area contributed by atoms with Crippen LogP contribution in [0.1, 0.15) is 24.8 Å². The highest BCUT2D eigenvalue weighted by atomic mass is 35.5. The van der Waals surface area contributed by atoms with Crippen molar-refractivity contribution in [2.75, 3.05) is 24.6 Å². The molecule has 33 heavy (non-hydrogen) atoms. The van der Waals surface area contributed by atoms with E-state index in [1.807, 2.05) is 12.1 Å². The standard InChI is InChI=1S/C16H22Cl2N2O2S.C4H6O6/c17-13-2-1-12(16(18)9-13)11-20(15-3-6-19-10-15)14-4-7-23(21,22)8-5-14;5-1(3(7)8)2(6)4(9)10/h1-2,9,14-15,19H,3-8,10-11H2;1-2,5-6H,(H,7,8)(H,9,10)/t15-;1-,2-/m01/s1. The Hall–Kier alpha value is -1.47. The highest BCUT2D eigenvalue weighted by Crippen LogP contribution is 2.28. The van der Waals surface area contributed by atoms with Crippen molar-refractivity contribution in [1.82, 2.24) is 10.2 Å². The van der Waals surface area contributed by atoms with E-state index in [1.54, 1.807) is 6.07 Å². The summed E-state index contributed by atoms with van der Waals surface area (Å²) >= 11 is 12.3. The van der Waals surface area contributed by atoms with Gasteiger partial charge in [-0.05, 0) is 43.5 Å². The van der Waals surface area contributed by atoms with Gasteiger partial charge in [-0.2, -0.15) is 0 Å². The van der Waals surface area contributed by atoms with Gasteiger partial charge in [0.1, 0.15) is 9.84 Å². The summed E-state index contributed by atoms with van der Waals surface area (Å²) in [6.45, 7) is 2.71. The number of aliphatic hydroxyl groups is 2. The fraction of sp³-hybridized carbons (Fsp3) is 0.600. The number of sulfone groups is 1. The van der Waals surface area contributed by atoms with Gasteiger partial charge in [0.05, 0.1) is 11.5 Å². The molecule has 186 valence electrons. The van der Waals surface area contributed by atoms with Crippen molar-refractivity contribution >= 4 is 45.0 Å². The summed E-state index contributed by atoms with van der Waals surface area (Å²) < 4.78 is 23.4. The third kappa shape index (κ3) is 8.36. The van der Waals surface area contributed by atoms with E-state index < -0.39 is 34.0 Å². The van der Waals surface area contributed by atoms with E-state index in [1.165, 1.54) is 0 Å². The van der Waals surface area contributed by atoms with Crippen LogP contribution in [-0.2, 0) is 26.0 Å². The lowest BCUT2D eigenvalue weighted by Gasteiger charge is -2.38. The first-order chi connectivity index (χ1) is 15.4. The van der Waals surface area contributed by atoms with Gasteiger partial charge in [-0.25, -0.2) is 18.0 Å². The normalized spacial score (nSPS) is 22.3. The number of nitrogens with zero attached hydrogens (tertiary/aromatic N) is 1. The van der Waals surface area contributed by atoms with Crippen molar-refractivity contribution in [2.45, 2.75) is 50.1 Å². The van der Waals surface area contributed by atoms with Crippen LogP contribution < -0.4 is 5.32 Å². The maximum Gasteiger partial charge on any atom is 0.335 e. The summed E-state index contributed by atoms with van der Waals surface area (Å²) in [5.41, 5.74) is 1.05. The van der Waals surface area contributed by atoms with Gasteiger partial charge in [0, 0.05) is 35.2 Å². The van der Waals surface area contributed by atoms with Gasteiger partial charge in [0.25, 0.3) is 0 Å². The van der Waals surface area contributed by atoms with Gasteiger partial charge in [-0.3, -0.25) is 4.90 Å². The molecule has 2 aliphatic heterocycles. The molecule has 2 fully saturated rings. The van der Waals surface area contributed by atoms with Crippen LogP contribution in [0.25, 0.3) is 0 Å². The third-order valence-electron chi connectivity index (χ3n) is 5.67. The molecule has 3 atom stereocenters. The Morgan fingerprint density at radius 2 is 1.61 bits per heavy atom. The number of carbonyl (C=O) groups is 2. The van der Waals surface area contributed by atoms with Crippen LogP contribution in [0.5, 0.6) is 0 Å². The van der Waals surface area contributed by atoms with Gasteiger partial charge >= 0.3 is 11.9 Å². The number of benzene rings is 1. The van der Waals surface area contributed by atoms with Gasteiger partial charge < -0.3 is 25.7 Å². The predicted molar refractivity (Wildman–Crippen MR) is 122 cm³/mol. The van der Waals surface area contributed by atoms with Crippen molar-refractivity contribution in [3.63, 3.8) is 0 Å². The van der Waals surface area contributed by atoms with E-state index in [9.17, 15) is 18.0 Å². The lowest BCUT2D eigenvalue weighted by Crippen LogP contribution is -2.47. The molecule has 13 heteroatoms. The molecule has 2 heterocycles. The topological polar surface area (TPSA) is 164 Å². The van der Waals surface area contributed by atoms with E-state index in [4.69, 9.17) is 43.6 Å². The number of aliphatic hydroxyl groups excluding tert-OH is 2. The molecule has 0 aliphatic carbocycles. The maximum atomic E-state index is 11.7. The number of aliphatic carboxylic acids is 2. The maximum absolute atomic E-state index is 11.7. The van der Waals surface area contributed by atoms with Crippen molar-refractivity contribution < 1.29 is 38.4 Å². The SMILES string of the molecule is O=C(O)[C@H](O)[C@@H](O)C(=O)O.O=S1(=O)CCC(N(Cc2ccc(Cl)cc2Cl)[C@H]2CCNC2)CC1. The second-order valence-electron chi connectivity index (χ2n) is 8.00. The molecule has 0 unspecified atom stereocenters. The molecule has 1 aromatic carbocycles. The number of nitrogens with one attached hydrogen (secondary N) is 1. The van der Waals surface area contributed by atoms with E-state index in [0.29, 0.717) is 46.5 Å². The molecular formula is C20H28Cl2N2O8S. The predicted octanol–water partition coefficient (Wildman–Crippen LogP) is 0.612. The fourth-order valence-electron chi connectivity index (χ4n) is 3.80. The Kier molecular flexibility index (Phi) is 10.3. The molecule has 10 nitrogen and oxygen atoms in total.